The van der Waals surface area contributed by atoms with Crippen molar-refractivity contribution in [1.82, 2.24) is 10.2 Å². The van der Waals surface area contributed by atoms with Gasteiger partial charge < -0.3 is 16.0 Å². The summed E-state index contributed by atoms with van der Waals surface area (Å²) in [5.74, 6) is -0.479. The van der Waals surface area contributed by atoms with Gasteiger partial charge in [-0.1, -0.05) is 30.3 Å². The zero-order chi connectivity index (χ0) is 14.4. The molecule has 19 heavy (non-hydrogen) atoms. The van der Waals surface area contributed by atoms with Crippen molar-refractivity contribution in [1.29, 1.82) is 0 Å². The maximum Gasteiger partial charge on any atom is 0.244 e. The number of amides is 2. The molecule has 3 N–H and O–H groups in total. The van der Waals surface area contributed by atoms with Crippen LogP contribution in [0.15, 0.2) is 30.3 Å². The van der Waals surface area contributed by atoms with Crippen molar-refractivity contribution in [2.45, 2.75) is 25.9 Å². The molecule has 1 rings (SSSR count). The van der Waals surface area contributed by atoms with Crippen LogP contribution in [0.2, 0.25) is 0 Å². The highest BCUT2D eigenvalue weighted by Gasteiger charge is 2.22. The number of nitrogens with zero attached hydrogens (tertiary/aromatic N) is 1. The van der Waals surface area contributed by atoms with Gasteiger partial charge in [0, 0.05) is 13.6 Å². The van der Waals surface area contributed by atoms with E-state index in [1.807, 2.05) is 25.1 Å². The van der Waals surface area contributed by atoms with Crippen molar-refractivity contribution >= 4 is 11.8 Å². The highest BCUT2D eigenvalue weighted by molar-refractivity contribution is 5.89. The standard InChI is InChI=1S/C14H21N3O2/c1-4-17(3)14(19)10(2)16-13(18)12(15)11-8-6-5-7-9-11/h5-10,12H,4,15H2,1-3H3,(H,16,18)/t10?,12-/m0/s1. The molecule has 0 heterocycles. The predicted molar refractivity (Wildman–Crippen MR) is 74.3 cm³/mol. The minimum absolute atomic E-state index is 0.129. The molecule has 0 radical (unpaired) electrons. The molecule has 0 aliphatic rings. The van der Waals surface area contributed by atoms with Crippen LogP contribution in [0.1, 0.15) is 25.5 Å². The normalized spacial score (nSPS) is 13.5. The Hall–Kier alpha value is -1.88. The molecule has 0 bridgehead atoms. The van der Waals surface area contributed by atoms with Gasteiger partial charge in [-0.2, -0.15) is 0 Å². The Morgan fingerprint density at radius 3 is 2.42 bits per heavy atom. The summed E-state index contributed by atoms with van der Waals surface area (Å²) in [7, 11) is 1.70. The van der Waals surface area contributed by atoms with Gasteiger partial charge >= 0.3 is 0 Å². The molecule has 2 atom stereocenters. The molecule has 0 saturated heterocycles. The van der Waals surface area contributed by atoms with Crippen LogP contribution in [-0.2, 0) is 9.59 Å². The van der Waals surface area contributed by atoms with Gasteiger partial charge in [0.1, 0.15) is 12.1 Å². The van der Waals surface area contributed by atoms with E-state index in [-0.39, 0.29) is 11.8 Å². The van der Waals surface area contributed by atoms with E-state index in [9.17, 15) is 9.59 Å². The SMILES string of the molecule is CCN(C)C(=O)C(C)NC(=O)[C@@H](N)c1ccccc1. The fourth-order valence-corrected chi connectivity index (χ4v) is 1.66. The van der Waals surface area contributed by atoms with Gasteiger partial charge in [0.05, 0.1) is 0 Å². The number of hydrogen-bond acceptors (Lipinski definition) is 3. The number of benzene rings is 1. The molecule has 0 aromatic heterocycles. The van der Waals surface area contributed by atoms with Crippen LogP contribution in [0.3, 0.4) is 0 Å². The zero-order valence-electron chi connectivity index (χ0n) is 11.6. The maximum absolute atomic E-state index is 12.0. The first-order valence-corrected chi connectivity index (χ1v) is 6.33. The van der Waals surface area contributed by atoms with Gasteiger partial charge in [-0.3, -0.25) is 9.59 Å². The van der Waals surface area contributed by atoms with E-state index in [0.29, 0.717) is 6.54 Å². The predicted octanol–water partition coefficient (Wildman–Crippen LogP) is 0.669. The monoisotopic (exact) mass is 263 g/mol. The Morgan fingerprint density at radius 1 is 1.32 bits per heavy atom. The lowest BCUT2D eigenvalue weighted by Gasteiger charge is -2.22. The van der Waals surface area contributed by atoms with Gasteiger partial charge in [0.15, 0.2) is 0 Å². The molecule has 0 saturated carbocycles. The third-order valence-electron chi connectivity index (χ3n) is 3.02. The van der Waals surface area contributed by atoms with Crippen molar-refractivity contribution in [2.75, 3.05) is 13.6 Å². The molecule has 1 aromatic rings. The van der Waals surface area contributed by atoms with Crippen LogP contribution >= 0.6 is 0 Å². The minimum Gasteiger partial charge on any atom is -0.344 e. The second-order valence-electron chi connectivity index (χ2n) is 4.47. The van der Waals surface area contributed by atoms with Crippen molar-refractivity contribution in [3.05, 3.63) is 35.9 Å². The van der Waals surface area contributed by atoms with Gasteiger partial charge in [0.25, 0.3) is 0 Å². The summed E-state index contributed by atoms with van der Waals surface area (Å²) in [6, 6.07) is 7.74. The van der Waals surface area contributed by atoms with Crippen molar-refractivity contribution < 1.29 is 9.59 Å². The summed E-state index contributed by atoms with van der Waals surface area (Å²) < 4.78 is 0. The van der Waals surface area contributed by atoms with E-state index in [2.05, 4.69) is 5.32 Å². The van der Waals surface area contributed by atoms with Crippen LogP contribution in [0, 0.1) is 0 Å². The highest BCUT2D eigenvalue weighted by Crippen LogP contribution is 2.09. The van der Waals surface area contributed by atoms with Crippen LogP contribution in [0.25, 0.3) is 0 Å². The van der Waals surface area contributed by atoms with Crippen LogP contribution in [0.5, 0.6) is 0 Å². The maximum atomic E-state index is 12.0. The number of nitrogens with one attached hydrogen (secondary N) is 1. The van der Waals surface area contributed by atoms with E-state index in [1.165, 1.54) is 0 Å². The lowest BCUT2D eigenvalue weighted by atomic mass is 10.1. The smallest absolute Gasteiger partial charge is 0.244 e. The molecular formula is C14H21N3O2. The topological polar surface area (TPSA) is 75.4 Å². The van der Waals surface area contributed by atoms with Gasteiger partial charge in [-0.15, -0.1) is 0 Å². The molecular weight excluding hydrogens is 242 g/mol. The van der Waals surface area contributed by atoms with Crippen LogP contribution in [-0.4, -0.2) is 36.3 Å². The quantitative estimate of drug-likeness (QED) is 0.820. The molecule has 1 aromatic carbocycles. The van der Waals surface area contributed by atoms with Crippen molar-refractivity contribution in [3.63, 3.8) is 0 Å². The number of nitrogens with two attached hydrogens (primary N) is 1. The second-order valence-corrected chi connectivity index (χ2v) is 4.47. The average molecular weight is 263 g/mol. The minimum atomic E-state index is -0.761. The molecule has 0 spiro atoms. The first-order chi connectivity index (χ1) is 8.97. The molecule has 1 unspecified atom stereocenters. The summed E-state index contributed by atoms with van der Waals surface area (Å²) in [6.07, 6.45) is 0. The second kappa shape index (κ2) is 6.89. The lowest BCUT2D eigenvalue weighted by Crippen LogP contribution is -2.48. The Labute approximate surface area is 113 Å². The number of carbonyl (C=O) groups is 2. The van der Waals surface area contributed by atoms with E-state index < -0.39 is 12.1 Å². The first-order valence-electron chi connectivity index (χ1n) is 6.33. The number of carbonyl (C=O) groups excluding carboxylic acids is 2. The van der Waals surface area contributed by atoms with E-state index in [0.717, 1.165) is 5.56 Å². The zero-order valence-corrected chi connectivity index (χ0v) is 11.6. The third kappa shape index (κ3) is 4.06. The van der Waals surface area contributed by atoms with E-state index >= 15 is 0 Å². The van der Waals surface area contributed by atoms with Crippen molar-refractivity contribution in [3.8, 4) is 0 Å². The number of rotatable bonds is 5. The van der Waals surface area contributed by atoms with Gasteiger partial charge in [-0.05, 0) is 19.4 Å². The van der Waals surface area contributed by atoms with E-state index in [1.54, 1.807) is 31.0 Å². The fraction of sp³-hybridized carbons (Fsp3) is 0.429. The van der Waals surface area contributed by atoms with Gasteiger partial charge in [-0.25, -0.2) is 0 Å². The van der Waals surface area contributed by atoms with Crippen molar-refractivity contribution in [2.24, 2.45) is 5.73 Å². The number of likely N-dealkylation sites (N-methyl/N-ethyl adjacent to an activating group) is 1. The first kappa shape index (κ1) is 15.2. The number of hydrogen-bond donors (Lipinski definition) is 2. The third-order valence-corrected chi connectivity index (χ3v) is 3.02. The molecule has 104 valence electrons. The van der Waals surface area contributed by atoms with Gasteiger partial charge in [0.2, 0.25) is 11.8 Å². The molecule has 5 nitrogen and oxygen atoms in total. The molecule has 2 amide bonds. The molecule has 0 aliphatic heterocycles. The summed E-state index contributed by atoms with van der Waals surface area (Å²) in [5, 5.41) is 2.64. The fourth-order valence-electron chi connectivity index (χ4n) is 1.66. The summed E-state index contributed by atoms with van der Waals surface area (Å²) in [5.41, 5.74) is 6.58. The Balaban J connectivity index is 2.62. The highest BCUT2D eigenvalue weighted by atomic mass is 16.2. The summed E-state index contributed by atoms with van der Waals surface area (Å²) >= 11 is 0. The van der Waals surface area contributed by atoms with Crippen LogP contribution < -0.4 is 11.1 Å². The molecule has 5 heteroatoms. The summed E-state index contributed by atoms with van der Waals surface area (Å²) in [4.78, 5) is 25.4. The Bertz CT molecular complexity index is 434. The summed E-state index contributed by atoms with van der Waals surface area (Å²) in [6.45, 7) is 4.13. The van der Waals surface area contributed by atoms with Crippen LogP contribution in [0.4, 0.5) is 0 Å². The molecule has 0 aliphatic carbocycles. The lowest BCUT2D eigenvalue weighted by molar-refractivity contribution is -0.135. The Kier molecular flexibility index (Phi) is 5.51. The van der Waals surface area contributed by atoms with E-state index in [4.69, 9.17) is 5.73 Å². The average Bonchev–Trinajstić information content (AvgIpc) is 2.45. The largest absolute Gasteiger partial charge is 0.344 e. The molecule has 0 fully saturated rings. The Morgan fingerprint density at radius 2 is 1.89 bits per heavy atom.